The average molecular weight is 247 g/mol. The maximum atomic E-state index is 5.60. The second kappa shape index (κ2) is 5.57. The van der Waals surface area contributed by atoms with E-state index in [0.717, 1.165) is 19.0 Å². The fourth-order valence-corrected chi connectivity index (χ4v) is 2.71. The molecule has 0 spiro atoms. The first-order chi connectivity index (χ1) is 8.92. The van der Waals surface area contributed by atoms with Crippen molar-refractivity contribution >= 4 is 11.5 Å². The van der Waals surface area contributed by atoms with Crippen molar-refractivity contribution in [3.05, 3.63) is 18.3 Å². The van der Waals surface area contributed by atoms with Crippen LogP contribution in [-0.4, -0.2) is 37.3 Å². The molecule has 1 aromatic heterocycles. The molecule has 0 aromatic carbocycles. The van der Waals surface area contributed by atoms with Crippen LogP contribution in [0, 0.1) is 0 Å². The summed E-state index contributed by atoms with van der Waals surface area (Å²) in [7, 11) is 0. The predicted octanol–water partition coefficient (Wildman–Crippen LogP) is 2.27. The first-order valence-electron chi connectivity index (χ1n) is 6.98. The van der Waals surface area contributed by atoms with Gasteiger partial charge in [-0.1, -0.05) is 0 Å². The summed E-state index contributed by atoms with van der Waals surface area (Å²) < 4.78 is 5.60. The van der Waals surface area contributed by atoms with Crippen LogP contribution < -0.4 is 10.2 Å². The van der Waals surface area contributed by atoms with E-state index < -0.39 is 0 Å². The Bertz CT molecular complexity index is 384. The molecule has 1 unspecified atom stereocenters. The van der Waals surface area contributed by atoms with Gasteiger partial charge in [0.05, 0.1) is 6.10 Å². The molecule has 3 rings (SSSR count). The highest BCUT2D eigenvalue weighted by molar-refractivity contribution is 5.54. The summed E-state index contributed by atoms with van der Waals surface area (Å²) in [5.74, 6) is 0.968. The van der Waals surface area contributed by atoms with Crippen molar-refractivity contribution < 1.29 is 4.74 Å². The van der Waals surface area contributed by atoms with Crippen LogP contribution >= 0.6 is 0 Å². The molecule has 1 N–H and O–H groups in total. The molecule has 2 saturated heterocycles. The molecule has 0 amide bonds. The van der Waals surface area contributed by atoms with Gasteiger partial charge in [-0.25, -0.2) is 4.98 Å². The van der Waals surface area contributed by atoms with E-state index in [1.54, 1.807) is 0 Å². The highest BCUT2D eigenvalue weighted by Gasteiger charge is 2.16. The van der Waals surface area contributed by atoms with Gasteiger partial charge in [-0.2, -0.15) is 0 Å². The Morgan fingerprint density at radius 1 is 1.33 bits per heavy atom. The highest BCUT2D eigenvalue weighted by atomic mass is 16.5. The van der Waals surface area contributed by atoms with Crippen molar-refractivity contribution in [2.75, 3.05) is 36.5 Å². The van der Waals surface area contributed by atoms with Gasteiger partial charge in [0.1, 0.15) is 5.82 Å². The topological polar surface area (TPSA) is 37.4 Å². The SMILES string of the molecule is c1cc(N2CCCC2)cc(NCC2CCCO2)n1. The van der Waals surface area contributed by atoms with Crippen LogP contribution in [0.5, 0.6) is 0 Å². The summed E-state index contributed by atoms with van der Waals surface area (Å²) in [4.78, 5) is 6.81. The van der Waals surface area contributed by atoms with E-state index in [1.807, 2.05) is 6.20 Å². The van der Waals surface area contributed by atoms with E-state index >= 15 is 0 Å². The van der Waals surface area contributed by atoms with Gasteiger partial charge in [0, 0.05) is 44.2 Å². The number of hydrogen-bond acceptors (Lipinski definition) is 4. The van der Waals surface area contributed by atoms with Crippen LogP contribution in [-0.2, 0) is 4.74 Å². The van der Waals surface area contributed by atoms with Gasteiger partial charge in [0.2, 0.25) is 0 Å². The van der Waals surface area contributed by atoms with Crippen molar-refractivity contribution in [2.45, 2.75) is 31.8 Å². The molecule has 0 radical (unpaired) electrons. The van der Waals surface area contributed by atoms with Crippen molar-refractivity contribution in [1.82, 2.24) is 4.98 Å². The van der Waals surface area contributed by atoms with E-state index in [9.17, 15) is 0 Å². The molecule has 2 fully saturated rings. The predicted molar refractivity (Wildman–Crippen MR) is 73.1 cm³/mol. The zero-order valence-electron chi connectivity index (χ0n) is 10.8. The first kappa shape index (κ1) is 11.8. The Labute approximate surface area is 108 Å². The van der Waals surface area contributed by atoms with Crippen LogP contribution in [0.4, 0.5) is 11.5 Å². The van der Waals surface area contributed by atoms with Crippen LogP contribution in [0.1, 0.15) is 25.7 Å². The fourth-order valence-electron chi connectivity index (χ4n) is 2.71. The highest BCUT2D eigenvalue weighted by Crippen LogP contribution is 2.22. The average Bonchev–Trinajstić information content (AvgIpc) is 3.10. The molecule has 4 nitrogen and oxygen atoms in total. The van der Waals surface area contributed by atoms with Crippen LogP contribution in [0.2, 0.25) is 0 Å². The summed E-state index contributed by atoms with van der Waals surface area (Å²) in [6.07, 6.45) is 7.22. The lowest BCUT2D eigenvalue weighted by molar-refractivity contribution is 0.120. The third kappa shape index (κ3) is 2.75. The number of anilines is 2. The van der Waals surface area contributed by atoms with Gasteiger partial charge < -0.3 is 15.0 Å². The van der Waals surface area contributed by atoms with E-state index in [2.05, 4.69) is 27.3 Å². The van der Waals surface area contributed by atoms with Crippen molar-refractivity contribution in [2.24, 2.45) is 0 Å². The minimum absolute atomic E-state index is 0.363. The molecule has 1 atom stereocenters. The van der Waals surface area contributed by atoms with Gasteiger partial charge in [0.25, 0.3) is 0 Å². The standard InChI is InChI=1S/C14H21N3O/c1-2-8-17(7-1)12-5-6-15-14(10-12)16-11-13-4-3-9-18-13/h5-6,10,13H,1-4,7-9,11H2,(H,15,16). The second-order valence-corrected chi connectivity index (χ2v) is 5.11. The van der Waals surface area contributed by atoms with Gasteiger partial charge in [-0.05, 0) is 31.7 Å². The summed E-state index contributed by atoms with van der Waals surface area (Å²) >= 11 is 0. The molecule has 0 bridgehead atoms. The van der Waals surface area contributed by atoms with Gasteiger partial charge in [0.15, 0.2) is 0 Å². The minimum Gasteiger partial charge on any atom is -0.376 e. The molecule has 2 aliphatic rings. The van der Waals surface area contributed by atoms with Crippen molar-refractivity contribution in [3.8, 4) is 0 Å². The Morgan fingerprint density at radius 2 is 2.22 bits per heavy atom. The molecular weight excluding hydrogens is 226 g/mol. The van der Waals surface area contributed by atoms with Gasteiger partial charge in [-0.3, -0.25) is 0 Å². The zero-order chi connectivity index (χ0) is 12.2. The van der Waals surface area contributed by atoms with E-state index in [4.69, 9.17) is 4.74 Å². The zero-order valence-corrected chi connectivity index (χ0v) is 10.8. The monoisotopic (exact) mass is 247 g/mol. The largest absolute Gasteiger partial charge is 0.376 e. The summed E-state index contributed by atoms with van der Waals surface area (Å²) in [5.41, 5.74) is 1.29. The lowest BCUT2D eigenvalue weighted by atomic mass is 10.2. The van der Waals surface area contributed by atoms with E-state index in [0.29, 0.717) is 6.10 Å². The number of rotatable bonds is 4. The Kier molecular flexibility index (Phi) is 3.64. The Balaban J connectivity index is 1.59. The maximum Gasteiger partial charge on any atom is 0.128 e. The molecular formula is C14H21N3O. The number of nitrogens with one attached hydrogen (secondary N) is 1. The van der Waals surface area contributed by atoms with E-state index in [-0.39, 0.29) is 0 Å². The van der Waals surface area contributed by atoms with Gasteiger partial charge in [-0.15, -0.1) is 0 Å². The summed E-state index contributed by atoms with van der Waals surface area (Å²) in [6, 6.07) is 4.25. The molecule has 0 saturated carbocycles. The molecule has 0 aliphatic carbocycles. The molecule has 2 aliphatic heterocycles. The number of hydrogen-bond donors (Lipinski definition) is 1. The lowest BCUT2D eigenvalue weighted by Crippen LogP contribution is -2.20. The smallest absolute Gasteiger partial charge is 0.128 e. The van der Waals surface area contributed by atoms with Gasteiger partial charge >= 0.3 is 0 Å². The fraction of sp³-hybridized carbons (Fsp3) is 0.643. The quantitative estimate of drug-likeness (QED) is 0.885. The number of ether oxygens (including phenoxy) is 1. The third-order valence-electron chi connectivity index (χ3n) is 3.75. The number of aromatic nitrogens is 1. The lowest BCUT2D eigenvalue weighted by Gasteiger charge is -2.18. The number of nitrogens with zero attached hydrogens (tertiary/aromatic N) is 2. The molecule has 1 aromatic rings. The number of pyridine rings is 1. The van der Waals surface area contributed by atoms with Crippen LogP contribution in [0.25, 0.3) is 0 Å². The Hall–Kier alpha value is -1.29. The van der Waals surface area contributed by atoms with E-state index in [1.165, 1.54) is 44.5 Å². The maximum absolute atomic E-state index is 5.60. The second-order valence-electron chi connectivity index (χ2n) is 5.11. The molecule has 18 heavy (non-hydrogen) atoms. The van der Waals surface area contributed by atoms with Crippen LogP contribution in [0.15, 0.2) is 18.3 Å². The molecule has 4 heteroatoms. The third-order valence-corrected chi connectivity index (χ3v) is 3.75. The minimum atomic E-state index is 0.363. The van der Waals surface area contributed by atoms with Crippen molar-refractivity contribution in [3.63, 3.8) is 0 Å². The summed E-state index contributed by atoms with van der Waals surface area (Å²) in [6.45, 7) is 4.13. The van der Waals surface area contributed by atoms with Crippen LogP contribution in [0.3, 0.4) is 0 Å². The Morgan fingerprint density at radius 3 is 3.00 bits per heavy atom. The first-order valence-corrected chi connectivity index (χ1v) is 6.98. The molecule has 3 heterocycles. The van der Waals surface area contributed by atoms with Crippen molar-refractivity contribution in [1.29, 1.82) is 0 Å². The molecule has 98 valence electrons. The summed E-state index contributed by atoms with van der Waals surface area (Å²) in [5, 5.41) is 3.39. The normalized spacial score (nSPS) is 23.6.